The highest BCUT2D eigenvalue weighted by Crippen LogP contribution is 2.26. The van der Waals surface area contributed by atoms with Crippen molar-refractivity contribution in [2.45, 2.75) is 0 Å². The third-order valence-electron chi connectivity index (χ3n) is 2.11. The van der Waals surface area contributed by atoms with Gasteiger partial charge in [0.25, 0.3) is 0 Å². The van der Waals surface area contributed by atoms with E-state index in [1.807, 2.05) is 23.6 Å². The average Bonchev–Trinajstić information content (AvgIpc) is 2.69. The summed E-state index contributed by atoms with van der Waals surface area (Å²) in [5.74, 6) is -0.328. The third-order valence-corrected chi connectivity index (χ3v) is 3.09. The molecule has 76 valence electrons. The molecule has 1 heterocycles. The number of thiophene rings is 1. The highest BCUT2D eigenvalue weighted by molar-refractivity contribution is 7.17. The first-order chi connectivity index (χ1) is 7.31. The molecule has 0 fully saturated rings. The van der Waals surface area contributed by atoms with Crippen molar-refractivity contribution in [3.63, 3.8) is 0 Å². The Bertz CT molecular complexity index is 511. The first-order valence-corrected chi connectivity index (χ1v) is 5.41. The van der Waals surface area contributed by atoms with Gasteiger partial charge in [-0.3, -0.25) is 0 Å². The zero-order chi connectivity index (χ0) is 10.7. The van der Waals surface area contributed by atoms with Crippen molar-refractivity contribution in [3.8, 4) is 0 Å². The minimum Gasteiger partial charge on any atom is -0.466 e. The predicted octanol–water partition coefficient (Wildman–Crippen LogP) is 3.09. The molecule has 0 N–H and O–H groups in total. The molecule has 0 spiro atoms. The normalized spacial score (nSPS) is 11.0. The van der Waals surface area contributed by atoms with Crippen LogP contribution in [0.2, 0.25) is 0 Å². The molecule has 0 saturated heterocycles. The Balaban J connectivity index is 2.36. The first-order valence-electron chi connectivity index (χ1n) is 4.53. The number of carbonyl (C=O) groups is 1. The summed E-state index contributed by atoms with van der Waals surface area (Å²) in [6.07, 6.45) is 3.22. The number of carbonyl (C=O) groups excluding carboxylic acids is 1. The van der Waals surface area contributed by atoms with Crippen LogP contribution in [0.5, 0.6) is 0 Å². The molecule has 0 radical (unpaired) electrons. The smallest absolute Gasteiger partial charge is 0.330 e. The van der Waals surface area contributed by atoms with Crippen LogP contribution in [0.25, 0.3) is 16.2 Å². The Morgan fingerprint density at radius 2 is 2.20 bits per heavy atom. The lowest BCUT2D eigenvalue weighted by molar-refractivity contribution is -0.134. The summed E-state index contributed by atoms with van der Waals surface area (Å²) < 4.78 is 5.76. The van der Waals surface area contributed by atoms with Crippen molar-refractivity contribution < 1.29 is 9.53 Å². The molecule has 3 heteroatoms. The summed E-state index contributed by atoms with van der Waals surface area (Å²) in [6.45, 7) is 0. The zero-order valence-corrected chi connectivity index (χ0v) is 9.08. The minimum atomic E-state index is -0.328. The van der Waals surface area contributed by atoms with Gasteiger partial charge in [-0.2, -0.15) is 0 Å². The second kappa shape index (κ2) is 4.28. The van der Waals surface area contributed by atoms with Gasteiger partial charge >= 0.3 is 5.97 Å². The number of ether oxygens (including phenoxy) is 1. The molecule has 0 atom stereocenters. The van der Waals surface area contributed by atoms with E-state index in [0.717, 1.165) is 5.56 Å². The second-order valence-corrected chi connectivity index (χ2v) is 3.95. The highest BCUT2D eigenvalue weighted by atomic mass is 32.1. The van der Waals surface area contributed by atoms with Crippen LogP contribution in [-0.2, 0) is 9.53 Å². The average molecular weight is 218 g/mol. The number of esters is 1. The van der Waals surface area contributed by atoms with Crippen LogP contribution in [0.3, 0.4) is 0 Å². The van der Waals surface area contributed by atoms with E-state index in [2.05, 4.69) is 10.8 Å². The van der Waals surface area contributed by atoms with Crippen molar-refractivity contribution in [1.82, 2.24) is 0 Å². The fourth-order valence-corrected chi connectivity index (χ4v) is 2.28. The number of rotatable bonds is 2. The fraction of sp³-hybridized carbons (Fsp3) is 0.0833. The molecule has 15 heavy (non-hydrogen) atoms. The van der Waals surface area contributed by atoms with E-state index in [1.165, 1.54) is 23.3 Å². The Morgan fingerprint density at radius 3 is 3.00 bits per heavy atom. The molecule has 2 aromatic rings. The van der Waals surface area contributed by atoms with Gasteiger partial charge in [0, 0.05) is 10.8 Å². The van der Waals surface area contributed by atoms with E-state index in [9.17, 15) is 4.79 Å². The Kier molecular flexibility index (Phi) is 2.83. The maximum absolute atomic E-state index is 10.9. The van der Waals surface area contributed by atoms with Gasteiger partial charge in [0.1, 0.15) is 0 Å². The van der Waals surface area contributed by atoms with Gasteiger partial charge in [-0.25, -0.2) is 4.79 Å². The molecule has 1 aromatic carbocycles. The summed E-state index contributed by atoms with van der Waals surface area (Å²) in [4.78, 5) is 10.9. The number of benzene rings is 1. The standard InChI is InChI=1S/C12H10O2S/c1-14-12(13)7-6-9-8-15-11-5-3-2-4-10(9)11/h2-8H,1H3/b7-6+. The molecule has 0 amide bonds. The molecule has 0 aliphatic rings. The maximum atomic E-state index is 10.9. The van der Waals surface area contributed by atoms with Crippen LogP contribution in [0.1, 0.15) is 5.56 Å². The largest absolute Gasteiger partial charge is 0.466 e. The van der Waals surface area contributed by atoms with Crippen LogP contribution in [0, 0.1) is 0 Å². The summed E-state index contributed by atoms with van der Waals surface area (Å²) in [6, 6.07) is 8.11. The molecule has 0 aliphatic carbocycles. The predicted molar refractivity (Wildman–Crippen MR) is 62.9 cm³/mol. The van der Waals surface area contributed by atoms with Crippen molar-refractivity contribution in [2.75, 3.05) is 7.11 Å². The highest BCUT2D eigenvalue weighted by Gasteiger charge is 2.00. The van der Waals surface area contributed by atoms with Crippen LogP contribution in [-0.4, -0.2) is 13.1 Å². The lowest BCUT2D eigenvalue weighted by atomic mass is 10.2. The molecule has 0 bridgehead atoms. The molecule has 0 aliphatic heterocycles. The summed E-state index contributed by atoms with van der Waals surface area (Å²) >= 11 is 1.67. The molecular weight excluding hydrogens is 208 g/mol. The number of methoxy groups -OCH3 is 1. The van der Waals surface area contributed by atoms with Crippen molar-refractivity contribution >= 4 is 33.5 Å². The lowest BCUT2D eigenvalue weighted by Gasteiger charge is -1.91. The van der Waals surface area contributed by atoms with Crippen LogP contribution in [0.4, 0.5) is 0 Å². The van der Waals surface area contributed by atoms with Gasteiger partial charge in [-0.15, -0.1) is 11.3 Å². The van der Waals surface area contributed by atoms with Crippen molar-refractivity contribution in [3.05, 3.63) is 41.3 Å². The van der Waals surface area contributed by atoms with Gasteiger partial charge in [0.15, 0.2) is 0 Å². The van der Waals surface area contributed by atoms with E-state index in [1.54, 1.807) is 17.4 Å². The van der Waals surface area contributed by atoms with E-state index in [4.69, 9.17) is 0 Å². The topological polar surface area (TPSA) is 26.3 Å². The lowest BCUT2D eigenvalue weighted by Crippen LogP contribution is -1.92. The molecule has 1 aromatic heterocycles. The fourth-order valence-electron chi connectivity index (χ4n) is 1.35. The maximum Gasteiger partial charge on any atom is 0.330 e. The Labute approximate surface area is 91.8 Å². The van der Waals surface area contributed by atoms with Gasteiger partial charge < -0.3 is 4.74 Å². The van der Waals surface area contributed by atoms with E-state index >= 15 is 0 Å². The third kappa shape index (κ3) is 2.07. The SMILES string of the molecule is COC(=O)/C=C/c1csc2ccccc12. The molecule has 2 rings (SSSR count). The summed E-state index contributed by atoms with van der Waals surface area (Å²) in [5.41, 5.74) is 1.06. The van der Waals surface area contributed by atoms with Crippen LogP contribution < -0.4 is 0 Å². The van der Waals surface area contributed by atoms with Crippen molar-refractivity contribution in [1.29, 1.82) is 0 Å². The van der Waals surface area contributed by atoms with Gasteiger partial charge in [-0.05, 0) is 28.5 Å². The molecule has 0 saturated carbocycles. The Hall–Kier alpha value is -1.61. The first kappa shape index (κ1) is 9.93. The van der Waals surface area contributed by atoms with Gasteiger partial charge in [0.2, 0.25) is 0 Å². The number of hydrogen-bond donors (Lipinski definition) is 0. The molecule has 2 nitrogen and oxygen atoms in total. The van der Waals surface area contributed by atoms with Crippen LogP contribution in [0.15, 0.2) is 35.7 Å². The van der Waals surface area contributed by atoms with Gasteiger partial charge in [-0.1, -0.05) is 18.2 Å². The summed E-state index contributed by atoms with van der Waals surface area (Å²) in [5, 5.41) is 3.20. The summed E-state index contributed by atoms with van der Waals surface area (Å²) in [7, 11) is 1.37. The van der Waals surface area contributed by atoms with Crippen LogP contribution >= 0.6 is 11.3 Å². The second-order valence-electron chi connectivity index (χ2n) is 3.04. The molecule has 0 unspecified atom stereocenters. The van der Waals surface area contributed by atoms with Gasteiger partial charge in [0.05, 0.1) is 7.11 Å². The van der Waals surface area contributed by atoms with E-state index in [0.29, 0.717) is 0 Å². The van der Waals surface area contributed by atoms with Crippen molar-refractivity contribution in [2.24, 2.45) is 0 Å². The Morgan fingerprint density at radius 1 is 1.40 bits per heavy atom. The minimum absolute atomic E-state index is 0.328. The van der Waals surface area contributed by atoms with E-state index < -0.39 is 0 Å². The monoisotopic (exact) mass is 218 g/mol. The quantitative estimate of drug-likeness (QED) is 0.572. The zero-order valence-electron chi connectivity index (χ0n) is 8.27. The number of fused-ring (bicyclic) bond motifs is 1. The van der Waals surface area contributed by atoms with E-state index in [-0.39, 0.29) is 5.97 Å². The molecular formula is C12H10O2S. The number of hydrogen-bond acceptors (Lipinski definition) is 3.